The largest absolute Gasteiger partial charge is 0.350 e. The van der Waals surface area contributed by atoms with Gasteiger partial charge in [0, 0.05) is 29.6 Å². The van der Waals surface area contributed by atoms with Gasteiger partial charge in [0.1, 0.15) is 0 Å². The molecule has 2 fully saturated rings. The molecule has 3 rings (SSSR count). The fourth-order valence-corrected chi connectivity index (χ4v) is 3.26. The predicted octanol–water partition coefficient (Wildman–Crippen LogP) is 1.68. The summed E-state index contributed by atoms with van der Waals surface area (Å²) < 4.78 is 11.1. The minimum Gasteiger partial charge on any atom is -0.350 e. The molecular weight excluding hydrogens is 332 g/mol. The van der Waals surface area contributed by atoms with Crippen molar-refractivity contribution in [2.45, 2.75) is 19.1 Å². The molecule has 2 aliphatic heterocycles. The number of halogens is 1. The third-order valence-electron chi connectivity index (χ3n) is 4.41. The maximum atomic E-state index is 12.3. The normalized spacial score (nSPS) is 19.5. The second kappa shape index (κ2) is 7.96. The molecule has 0 spiro atoms. The van der Waals surface area contributed by atoms with E-state index in [2.05, 4.69) is 5.32 Å². The summed E-state index contributed by atoms with van der Waals surface area (Å²) >= 11 is 5.87. The third kappa shape index (κ3) is 4.26. The minimum absolute atomic E-state index is 0.00750. The first kappa shape index (κ1) is 17.2. The van der Waals surface area contributed by atoms with Crippen LogP contribution < -0.4 is 5.32 Å². The van der Waals surface area contributed by atoms with Crippen LogP contribution in [0.4, 0.5) is 0 Å². The Morgan fingerprint density at radius 1 is 1.21 bits per heavy atom. The Morgan fingerprint density at radius 3 is 2.58 bits per heavy atom. The summed E-state index contributed by atoms with van der Waals surface area (Å²) in [6.07, 6.45) is 1.60. The smallest absolute Gasteiger partial charge is 0.251 e. The van der Waals surface area contributed by atoms with Crippen LogP contribution in [0.15, 0.2) is 24.3 Å². The highest BCUT2D eigenvalue weighted by Crippen LogP contribution is 2.25. The van der Waals surface area contributed by atoms with Crippen LogP contribution in [0.3, 0.4) is 0 Å². The van der Waals surface area contributed by atoms with E-state index in [1.165, 1.54) is 0 Å². The Hall–Kier alpha value is -1.63. The standard InChI is InChI=1S/C17H21ClN2O4/c18-14-3-1-2-13(10-14)16(22)19-11-15(21)20-6-4-12(5-7-20)17-23-8-9-24-17/h1-3,10,12,17H,4-9,11H2,(H,19,22). The summed E-state index contributed by atoms with van der Waals surface area (Å²) in [6, 6.07) is 6.65. The summed E-state index contributed by atoms with van der Waals surface area (Å²) in [7, 11) is 0. The van der Waals surface area contributed by atoms with Crippen molar-refractivity contribution in [2.24, 2.45) is 5.92 Å². The molecule has 2 aliphatic rings. The highest BCUT2D eigenvalue weighted by molar-refractivity contribution is 6.30. The van der Waals surface area contributed by atoms with E-state index < -0.39 is 0 Å². The number of piperidine rings is 1. The Balaban J connectivity index is 1.43. The van der Waals surface area contributed by atoms with Crippen LogP contribution in [0.1, 0.15) is 23.2 Å². The fourth-order valence-electron chi connectivity index (χ4n) is 3.07. The first-order chi connectivity index (χ1) is 11.6. The molecular formula is C17H21ClN2O4. The summed E-state index contributed by atoms with van der Waals surface area (Å²) in [5.41, 5.74) is 0.449. The Bertz CT molecular complexity index is 596. The molecule has 0 aromatic heterocycles. The molecule has 130 valence electrons. The Morgan fingerprint density at radius 2 is 1.92 bits per heavy atom. The van der Waals surface area contributed by atoms with Gasteiger partial charge in [0.15, 0.2) is 6.29 Å². The number of hydrogen-bond acceptors (Lipinski definition) is 4. The zero-order chi connectivity index (χ0) is 16.9. The van der Waals surface area contributed by atoms with Gasteiger partial charge in [0.2, 0.25) is 5.91 Å². The number of benzene rings is 1. The van der Waals surface area contributed by atoms with Gasteiger partial charge < -0.3 is 19.7 Å². The van der Waals surface area contributed by atoms with Gasteiger partial charge >= 0.3 is 0 Å². The first-order valence-corrected chi connectivity index (χ1v) is 8.56. The predicted molar refractivity (Wildman–Crippen MR) is 88.8 cm³/mol. The maximum Gasteiger partial charge on any atom is 0.251 e. The average molecular weight is 353 g/mol. The van der Waals surface area contributed by atoms with Gasteiger partial charge in [0.05, 0.1) is 19.8 Å². The second-order valence-electron chi connectivity index (χ2n) is 6.02. The van der Waals surface area contributed by atoms with Crippen molar-refractivity contribution in [1.29, 1.82) is 0 Å². The monoisotopic (exact) mass is 352 g/mol. The van der Waals surface area contributed by atoms with E-state index >= 15 is 0 Å². The van der Waals surface area contributed by atoms with E-state index in [0.717, 1.165) is 12.8 Å². The van der Waals surface area contributed by atoms with E-state index in [-0.39, 0.29) is 24.6 Å². The van der Waals surface area contributed by atoms with E-state index in [0.29, 0.717) is 42.8 Å². The van der Waals surface area contributed by atoms with Gasteiger partial charge in [-0.3, -0.25) is 9.59 Å². The lowest BCUT2D eigenvalue weighted by atomic mass is 9.96. The summed E-state index contributed by atoms with van der Waals surface area (Å²) in [5, 5.41) is 3.14. The molecule has 2 heterocycles. The fraction of sp³-hybridized carbons (Fsp3) is 0.529. The number of amides is 2. The Labute approximate surface area is 146 Å². The number of rotatable bonds is 4. The van der Waals surface area contributed by atoms with Gasteiger partial charge in [-0.15, -0.1) is 0 Å². The van der Waals surface area contributed by atoms with Crippen molar-refractivity contribution in [2.75, 3.05) is 32.8 Å². The average Bonchev–Trinajstić information content (AvgIpc) is 3.14. The minimum atomic E-state index is -0.298. The number of ether oxygens (including phenoxy) is 2. The van der Waals surface area contributed by atoms with E-state index in [1.54, 1.807) is 29.2 Å². The zero-order valence-electron chi connectivity index (χ0n) is 13.4. The number of carbonyl (C=O) groups excluding carboxylic acids is 2. The quantitative estimate of drug-likeness (QED) is 0.895. The summed E-state index contributed by atoms with van der Waals surface area (Å²) in [6.45, 7) is 2.63. The number of hydrogen-bond donors (Lipinski definition) is 1. The van der Waals surface area contributed by atoms with Gasteiger partial charge in [-0.2, -0.15) is 0 Å². The number of nitrogens with zero attached hydrogens (tertiary/aromatic N) is 1. The lowest BCUT2D eigenvalue weighted by molar-refractivity contribution is -0.135. The molecule has 24 heavy (non-hydrogen) atoms. The van der Waals surface area contributed by atoms with Crippen molar-refractivity contribution < 1.29 is 19.1 Å². The number of likely N-dealkylation sites (tertiary alicyclic amines) is 1. The molecule has 7 heteroatoms. The second-order valence-corrected chi connectivity index (χ2v) is 6.46. The highest BCUT2D eigenvalue weighted by atomic mass is 35.5. The SMILES string of the molecule is O=C(NCC(=O)N1CCC(C2OCCO2)CC1)c1cccc(Cl)c1. The molecule has 0 aliphatic carbocycles. The van der Waals surface area contributed by atoms with Crippen LogP contribution in [0.5, 0.6) is 0 Å². The van der Waals surface area contributed by atoms with Crippen molar-refractivity contribution in [3.05, 3.63) is 34.9 Å². The maximum absolute atomic E-state index is 12.3. The van der Waals surface area contributed by atoms with Crippen LogP contribution in [-0.2, 0) is 14.3 Å². The van der Waals surface area contributed by atoms with Gasteiger partial charge in [-0.25, -0.2) is 0 Å². The van der Waals surface area contributed by atoms with Crippen LogP contribution in [0.2, 0.25) is 5.02 Å². The van der Waals surface area contributed by atoms with Crippen molar-refractivity contribution >= 4 is 23.4 Å². The third-order valence-corrected chi connectivity index (χ3v) is 4.65. The Kier molecular flexibility index (Phi) is 5.71. The van der Waals surface area contributed by atoms with E-state index in [1.807, 2.05) is 0 Å². The highest BCUT2D eigenvalue weighted by Gasteiger charge is 2.31. The molecule has 0 saturated carbocycles. The van der Waals surface area contributed by atoms with Gasteiger partial charge in [-0.1, -0.05) is 17.7 Å². The molecule has 0 unspecified atom stereocenters. The molecule has 2 amide bonds. The lowest BCUT2D eigenvalue weighted by Crippen LogP contribution is -2.45. The molecule has 1 aromatic carbocycles. The number of carbonyl (C=O) groups is 2. The van der Waals surface area contributed by atoms with Gasteiger partial charge in [-0.05, 0) is 31.0 Å². The summed E-state index contributed by atoms with van der Waals surface area (Å²) in [5.74, 6) is -0.0248. The molecule has 0 atom stereocenters. The number of nitrogens with one attached hydrogen (secondary N) is 1. The molecule has 1 N–H and O–H groups in total. The molecule has 1 aromatic rings. The molecule has 2 saturated heterocycles. The molecule has 6 nitrogen and oxygen atoms in total. The lowest BCUT2D eigenvalue weighted by Gasteiger charge is -2.33. The molecule has 0 radical (unpaired) electrons. The van der Waals surface area contributed by atoms with Crippen LogP contribution in [0.25, 0.3) is 0 Å². The van der Waals surface area contributed by atoms with Crippen LogP contribution >= 0.6 is 11.6 Å². The summed E-state index contributed by atoms with van der Waals surface area (Å²) in [4.78, 5) is 26.1. The van der Waals surface area contributed by atoms with E-state index in [9.17, 15) is 9.59 Å². The van der Waals surface area contributed by atoms with Crippen molar-refractivity contribution in [1.82, 2.24) is 10.2 Å². The molecule has 0 bridgehead atoms. The zero-order valence-corrected chi connectivity index (χ0v) is 14.1. The van der Waals surface area contributed by atoms with Crippen molar-refractivity contribution in [3.63, 3.8) is 0 Å². The topological polar surface area (TPSA) is 67.9 Å². The van der Waals surface area contributed by atoms with Crippen LogP contribution in [-0.4, -0.2) is 55.9 Å². The van der Waals surface area contributed by atoms with Crippen molar-refractivity contribution in [3.8, 4) is 0 Å². The van der Waals surface area contributed by atoms with Crippen LogP contribution in [0, 0.1) is 5.92 Å². The van der Waals surface area contributed by atoms with E-state index in [4.69, 9.17) is 21.1 Å². The van der Waals surface area contributed by atoms with Gasteiger partial charge in [0.25, 0.3) is 5.91 Å². The first-order valence-electron chi connectivity index (χ1n) is 8.18.